The van der Waals surface area contributed by atoms with E-state index in [0.717, 1.165) is 5.69 Å². The molecule has 0 aliphatic heterocycles. The highest BCUT2D eigenvalue weighted by Gasteiger charge is 2.37. The molecule has 1 aromatic heterocycles. The number of alkyl halides is 3. The molecule has 0 atom stereocenters. The van der Waals surface area contributed by atoms with Gasteiger partial charge in [-0.2, -0.15) is 13.2 Å². The van der Waals surface area contributed by atoms with E-state index in [1.54, 1.807) is 0 Å². The Bertz CT molecular complexity index is 1180. The molecule has 0 unspecified atom stereocenters. The van der Waals surface area contributed by atoms with Crippen LogP contribution in [-0.4, -0.2) is 28.4 Å². The van der Waals surface area contributed by atoms with Gasteiger partial charge in [0.15, 0.2) is 27.7 Å². The van der Waals surface area contributed by atoms with Crippen LogP contribution in [-0.2, 0) is 10.1 Å². The van der Waals surface area contributed by atoms with Crippen molar-refractivity contribution in [2.75, 3.05) is 0 Å². The summed E-state index contributed by atoms with van der Waals surface area (Å²) in [5, 5.41) is 4.98. The number of hydrogen-bond donors (Lipinski definition) is 0. The van der Waals surface area contributed by atoms with Crippen molar-refractivity contribution in [3.05, 3.63) is 65.9 Å². The van der Waals surface area contributed by atoms with Gasteiger partial charge in [-0.15, -0.1) is 9.36 Å². The highest BCUT2D eigenvalue weighted by Crippen LogP contribution is 2.29. The normalized spacial score (nSPS) is 12.3. The predicted molar refractivity (Wildman–Crippen MR) is 124 cm³/mol. The van der Waals surface area contributed by atoms with Crippen LogP contribution < -0.4 is 4.68 Å². The topological polar surface area (TPSA) is 78.9 Å². The van der Waals surface area contributed by atoms with Crippen LogP contribution >= 0.6 is 0 Å². The van der Waals surface area contributed by atoms with Gasteiger partial charge < -0.3 is 4.55 Å². The number of benzene rings is 2. The van der Waals surface area contributed by atoms with Crippen LogP contribution in [0.3, 0.4) is 0 Å². The summed E-state index contributed by atoms with van der Waals surface area (Å²) in [6.45, 7) is 13.4. The van der Waals surface area contributed by atoms with Crippen LogP contribution in [0.4, 0.5) is 13.2 Å². The fourth-order valence-electron chi connectivity index (χ4n) is 3.44. The predicted octanol–water partition coefficient (Wildman–Crippen LogP) is 5.71. The maximum atomic E-state index is 10.7. The number of halogens is 3. The van der Waals surface area contributed by atoms with Gasteiger partial charge in [0.1, 0.15) is 6.04 Å². The van der Waals surface area contributed by atoms with Crippen molar-refractivity contribution >= 4 is 10.1 Å². The Morgan fingerprint density at radius 1 is 0.882 bits per heavy atom. The molecule has 10 heteroatoms. The molecule has 1 heterocycles. The molecule has 0 radical (unpaired) electrons. The fourth-order valence-corrected chi connectivity index (χ4v) is 3.44. The Hall–Kier alpha value is -2.72. The van der Waals surface area contributed by atoms with Crippen molar-refractivity contribution in [3.63, 3.8) is 0 Å². The van der Waals surface area contributed by atoms with E-state index in [1.165, 1.54) is 22.4 Å². The smallest absolute Gasteiger partial charge is 0.485 e. The van der Waals surface area contributed by atoms with Crippen molar-refractivity contribution in [1.82, 2.24) is 9.90 Å². The van der Waals surface area contributed by atoms with E-state index in [2.05, 4.69) is 106 Å². The third kappa shape index (κ3) is 6.44. The summed E-state index contributed by atoms with van der Waals surface area (Å²) in [5.74, 6) is 0.890. The van der Waals surface area contributed by atoms with Crippen molar-refractivity contribution in [3.8, 4) is 16.9 Å². The van der Waals surface area contributed by atoms with Crippen molar-refractivity contribution in [1.29, 1.82) is 0 Å². The molecule has 0 saturated carbocycles. The van der Waals surface area contributed by atoms with Gasteiger partial charge in [-0.1, -0.05) is 76.2 Å². The first-order chi connectivity index (χ1) is 15.6. The monoisotopic (exact) mass is 497 g/mol. The molecule has 3 aromatic rings. The number of para-hydroxylation sites is 1. The average molecular weight is 498 g/mol. The summed E-state index contributed by atoms with van der Waals surface area (Å²) in [6.07, 6.45) is 2.18. The number of nitrogens with zero attached hydrogens (tertiary/aromatic N) is 3. The minimum absolute atomic E-state index is 0.292. The van der Waals surface area contributed by atoms with Crippen LogP contribution in [0.25, 0.3) is 16.9 Å². The van der Waals surface area contributed by atoms with E-state index in [1.807, 2.05) is 0 Å². The van der Waals surface area contributed by atoms with Crippen LogP contribution in [0.1, 0.15) is 70.5 Å². The summed E-state index contributed by atoms with van der Waals surface area (Å²) in [6, 6.07) is 17.4. The molecule has 0 aliphatic rings. The van der Waals surface area contributed by atoms with Crippen LogP contribution in [0, 0.1) is 0 Å². The largest absolute Gasteiger partial charge is 0.741 e. The lowest BCUT2D eigenvalue weighted by atomic mass is 9.93. The van der Waals surface area contributed by atoms with E-state index < -0.39 is 15.6 Å². The van der Waals surface area contributed by atoms with Gasteiger partial charge in [0, 0.05) is 16.7 Å². The second-order valence-corrected chi connectivity index (χ2v) is 10.1. The molecule has 0 saturated heterocycles. The lowest BCUT2D eigenvalue weighted by Crippen LogP contribution is -2.36. The van der Waals surface area contributed by atoms with Crippen molar-refractivity contribution in [2.45, 2.75) is 64.9 Å². The summed E-state index contributed by atoms with van der Waals surface area (Å²) >= 11 is 0. The zero-order chi connectivity index (χ0) is 25.8. The average Bonchev–Trinajstić information content (AvgIpc) is 3.18. The minimum atomic E-state index is -6.09. The number of hydrogen-bond acceptors (Lipinski definition) is 4. The standard InChI is InChI=1S/C23H30N3.CHF3O3S/c1-16(2)20-13-10-14-21(17(3)4)23(20)25-15-22(26(24-25)18(5)6)19-11-8-7-9-12-19;2-1(3,4)8(5,6)7/h7-18H,1-6H3;(H,5,6,7)/q+1;/p-1. The highest BCUT2D eigenvalue weighted by molar-refractivity contribution is 7.86. The van der Waals surface area contributed by atoms with Crippen LogP contribution in [0.2, 0.25) is 0 Å². The van der Waals surface area contributed by atoms with Gasteiger partial charge in [-0.05, 0) is 25.7 Å². The van der Waals surface area contributed by atoms with Crippen molar-refractivity contribution < 1.29 is 30.8 Å². The molecule has 34 heavy (non-hydrogen) atoms. The van der Waals surface area contributed by atoms with E-state index in [4.69, 9.17) is 18.2 Å². The maximum Gasteiger partial charge on any atom is 0.485 e. The van der Waals surface area contributed by atoms with Gasteiger partial charge in [-0.3, -0.25) is 0 Å². The van der Waals surface area contributed by atoms with Gasteiger partial charge in [-0.25, -0.2) is 8.42 Å². The molecule has 0 bridgehead atoms. The second kappa shape index (κ2) is 10.7. The van der Waals surface area contributed by atoms with Crippen LogP contribution in [0.15, 0.2) is 54.7 Å². The second-order valence-electron chi connectivity index (χ2n) is 8.75. The molecule has 0 fully saturated rings. The third-order valence-corrected chi connectivity index (χ3v) is 5.66. The summed E-state index contributed by atoms with van der Waals surface area (Å²) < 4.78 is 63.1. The maximum absolute atomic E-state index is 10.7. The Morgan fingerprint density at radius 3 is 1.74 bits per heavy atom. The van der Waals surface area contributed by atoms with Crippen molar-refractivity contribution in [2.24, 2.45) is 0 Å². The summed E-state index contributed by atoms with van der Waals surface area (Å²) in [4.78, 5) is 0. The molecule has 186 valence electrons. The van der Waals surface area contributed by atoms with E-state index in [9.17, 15) is 13.2 Å². The molecular weight excluding hydrogens is 467 g/mol. The first-order valence-electron chi connectivity index (χ1n) is 10.9. The third-order valence-electron chi connectivity index (χ3n) is 5.10. The number of aromatic nitrogens is 3. The zero-order valence-electron chi connectivity index (χ0n) is 20.0. The SMILES string of the molecule is CC(C)c1cccc(C(C)C)c1-[n+]1cc(-c2ccccc2)n(C(C)C)n1.O=S(=O)([O-])C(F)(F)F. The summed E-state index contributed by atoms with van der Waals surface area (Å²) in [7, 11) is -6.09. The van der Waals surface area contributed by atoms with E-state index in [-0.39, 0.29) is 0 Å². The molecule has 0 spiro atoms. The van der Waals surface area contributed by atoms with Gasteiger partial charge in [0.25, 0.3) is 0 Å². The Labute approximate surface area is 198 Å². The number of rotatable bonds is 5. The van der Waals surface area contributed by atoms with Gasteiger partial charge in [0.05, 0.1) is 5.21 Å². The summed E-state index contributed by atoms with van der Waals surface area (Å²) in [5.41, 5.74) is 0.611. The first-order valence-corrected chi connectivity index (χ1v) is 12.3. The molecular formula is C24H30F3N3O3S. The minimum Gasteiger partial charge on any atom is -0.741 e. The lowest BCUT2D eigenvalue weighted by molar-refractivity contribution is -0.662. The van der Waals surface area contributed by atoms with E-state index >= 15 is 0 Å². The molecule has 0 N–H and O–H groups in total. The van der Waals surface area contributed by atoms with Gasteiger partial charge >= 0.3 is 5.51 Å². The molecule has 6 nitrogen and oxygen atoms in total. The van der Waals surface area contributed by atoms with E-state index in [0.29, 0.717) is 17.9 Å². The molecule has 0 amide bonds. The molecule has 3 rings (SSSR count). The zero-order valence-corrected chi connectivity index (χ0v) is 20.9. The fraction of sp³-hybridized carbons (Fsp3) is 0.417. The van der Waals surface area contributed by atoms with Crippen LogP contribution in [0.5, 0.6) is 0 Å². The molecule has 0 aliphatic carbocycles. The Morgan fingerprint density at radius 2 is 1.35 bits per heavy atom. The highest BCUT2D eigenvalue weighted by atomic mass is 32.2. The Kier molecular flexibility index (Phi) is 8.65. The van der Waals surface area contributed by atoms with Gasteiger partial charge in [0.2, 0.25) is 0 Å². The Balaban J connectivity index is 0.000000440. The lowest BCUT2D eigenvalue weighted by Gasteiger charge is -2.15. The first kappa shape index (κ1) is 27.5. The quantitative estimate of drug-likeness (QED) is 0.257. The molecule has 2 aromatic carbocycles.